The fourth-order valence-electron chi connectivity index (χ4n) is 2.79. The first-order valence-corrected chi connectivity index (χ1v) is 9.93. The molecule has 0 aliphatic heterocycles. The first-order chi connectivity index (χ1) is 13.7. The van der Waals surface area contributed by atoms with Crippen LogP contribution in [0.2, 0.25) is 0 Å². The van der Waals surface area contributed by atoms with Crippen LogP contribution in [0.25, 0.3) is 27.5 Å². The van der Waals surface area contributed by atoms with E-state index >= 15 is 0 Å². The standard InChI is InChI=1S/C18H11BrN6O2S/c19-12-5-2-1-4-11(12)17-21-16(27-23-17)9-24-18(26)14-8-13(15-6-3-7-28-15)22-25(14)10-20-24/h1-8,10H,9H2. The predicted octanol–water partition coefficient (Wildman–Crippen LogP) is 3.48. The third-order valence-electron chi connectivity index (χ3n) is 4.13. The number of rotatable bonds is 4. The molecular formula is C18H11BrN6O2S. The molecule has 0 aliphatic carbocycles. The van der Waals surface area contributed by atoms with Crippen LogP contribution in [0.3, 0.4) is 0 Å². The van der Waals surface area contributed by atoms with Crippen LogP contribution in [-0.4, -0.2) is 29.5 Å². The molecule has 0 spiro atoms. The highest BCUT2D eigenvalue weighted by Crippen LogP contribution is 2.25. The van der Waals surface area contributed by atoms with Crippen molar-refractivity contribution in [1.29, 1.82) is 0 Å². The lowest BCUT2D eigenvalue weighted by Crippen LogP contribution is -2.25. The summed E-state index contributed by atoms with van der Waals surface area (Å²) >= 11 is 5.03. The van der Waals surface area contributed by atoms with Crippen LogP contribution >= 0.6 is 27.3 Å². The second-order valence-corrected chi connectivity index (χ2v) is 7.72. The van der Waals surface area contributed by atoms with Gasteiger partial charge in [-0.05, 0) is 29.6 Å². The zero-order valence-corrected chi connectivity index (χ0v) is 16.6. The van der Waals surface area contributed by atoms with Crippen LogP contribution in [-0.2, 0) is 6.54 Å². The second kappa shape index (κ2) is 6.80. The van der Waals surface area contributed by atoms with Crippen LogP contribution in [0.4, 0.5) is 0 Å². The molecular weight excluding hydrogens is 444 g/mol. The minimum absolute atomic E-state index is 0.0757. The van der Waals surface area contributed by atoms with Crippen molar-refractivity contribution >= 4 is 32.8 Å². The number of aromatic nitrogens is 6. The number of hydrogen-bond acceptors (Lipinski definition) is 7. The van der Waals surface area contributed by atoms with Crippen molar-refractivity contribution in [3.63, 3.8) is 0 Å². The Bertz CT molecular complexity index is 1340. The lowest BCUT2D eigenvalue weighted by Gasteiger charge is -2.00. The highest BCUT2D eigenvalue weighted by atomic mass is 79.9. The smallest absolute Gasteiger partial charge is 0.293 e. The van der Waals surface area contributed by atoms with E-state index in [2.05, 4.69) is 36.3 Å². The number of hydrogen-bond donors (Lipinski definition) is 0. The average molecular weight is 455 g/mol. The van der Waals surface area contributed by atoms with Gasteiger partial charge in [0, 0.05) is 10.0 Å². The largest absolute Gasteiger partial charge is 0.337 e. The van der Waals surface area contributed by atoms with Gasteiger partial charge in [0.1, 0.15) is 24.1 Å². The molecule has 1 aromatic carbocycles. The first kappa shape index (κ1) is 17.0. The van der Waals surface area contributed by atoms with Crippen LogP contribution in [0.1, 0.15) is 5.89 Å². The Morgan fingerprint density at radius 3 is 2.89 bits per heavy atom. The topological polar surface area (TPSA) is 91.1 Å². The van der Waals surface area contributed by atoms with Gasteiger partial charge in [-0.2, -0.15) is 15.2 Å². The number of nitrogens with zero attached hydrogens (tertiary/aromatic N) is 6. The average Bonchev–Trinajstić information content (AvgIpc) is 3.44. The zero-order valence-electron chi connectivity index (χ0n) is 14.2. The minimum atomic E-state index is -0.279. The Hall–Kier alpha value is -3.11. The minimum Gasteiger partial charge on any atom is -0.337 e. The van der Waals surface area contributed by atoms with E-state index in [9.17, 15) is 4.79 Å². The van der Waals surface area contributed by atoms with E-state index in [1.807, 2.05) is 41.8 Å². The van der Waals surface area contributed by atoms with Crippen LogP contribution in [0, 0.1) is 0 Å². The maximum Gasteiger partial charge on any atom is 0.293 e. The maximum atomic E-state index is 12.8. The van der Waals surface area contributed by atoms with Gasteiger partial charge in [-0.15, -0.1) is 11.3 Å². The Balaban J connectivity index is 1.48. The van der Waals surface area contributed by atoms with Gasteiger partial charge in [-0.3, -0.25) is 4.79 Å². The SMILES string of the molecule is O=c1c2cc(-c3cccs3)nn2cnn1Cc1nc(-c2ccccc2Br)no1. The molecule has 28 heavy (non-hydrogen) atoms. The molecule has 0 N–H and O–H groups in total. The van der Waals surface area contributed by atoms with Crippen LogP contribution in [0.15, 0.2) is 68.0 Å². The van der Waals surface area contributed by atoms with Crippen molar-refractivity contribution in [1.82, 2.24) is 29.5 Å². The molecule has 0 amide bonds. The highest BCUT2D eigenvalue weighted by molar-refractivity contribution is 9.10. The van der Waals surface area contributed by atoms with Crippen molar-refractivity contribution in [3.8, 4) is 22.0 Å². The Morgan fingerprint density at radius 1 is 1.18 bits per heavy atom. The molecule has 4 heterocycles. The third kappa shape index (κ3) is 2.96. The normalized spacial score (nSPS) is 11.3. The lowest BCUT2D eigenvalue weighted by molar-refractivity contribution is 0.362. The predicted molar refractivity (Wildman–Crippen MR) is 107 cm³/mol. The van der Waals surface area contributed by atoms with Gasteiger partial charge in [0.15, 0.2) is 0 Å². The van der Waals surface area contributed by atoms with Gasteiger partial charge in [-0.1, -0.05) is 39.3 Å². The number of thiophene rings is 1. The number of fused-ring (bicyclic) bond motifs is 1. The van der Waals surface area contributed by atoms with Gasteiger partial charge < -0.3 is 4.52 Å². The summed E-state index contributed by atoms with van der Waals surface area (Å²) in [5, 5.41) is 14.5. The molecule has 5 aromatic rings. The van der Waals surface area contributed by atoms with Crippen molar-refractivity contribution < 1.29 is 4.52 Å². The maximum absolute atomic E-state index is 12.8. The molecule has 0 unspecified atom stereocenters. The van der Waals surface area contributed by atoms with Crippen LogP contribution in [0.5, 0.6) is 0 Å². The van der Waals surface area contributed by atoms with Gasteiger partial charge in [-0.25, -0.2) is 9.20 Å². The quantitative estimate of drug-likeness (QED) is 0.412. The molecule has 0 aliphatic rings. The van der Waals surface area contributed by atoms with Gasteiger partial charge in [0.2, 0.25) is 11.7 Å². The van der Waals surface area contributed by atoms with E-state index < -0.39 is 0 Å². The molecule has 0 fully saturated rings. The molecule has 5 rings (SSSR count). The van der Waals surface area contributed by atoms with Crippen molar-refractivity contribution in [2.24, 2.45) is 0 Å². The Labute approximate surface area is 170 Å². The summed E-state index contributed by atoms with van der Waals surface area (Å²) in [4.78, 5) is 18.2. The molecule has 4 aromatic heterocycles. The summed E-state index contributed by atoms with van der Waals surface area (Å²) in [5.41, 5.74) is 1.70. The van der Waals surface area contributed by atoms with Crippen molar-refractivity contribution in [3.05, 3.63) is 74.9 Å². The molecule has 10 heteroatoms. The molecule has 0 radical (unpaired) electrons. The van der Waals surface area contributed by atoms with Gasteiger partial charge in [0.25, 0.3) is 5.56 Å². The summed E-state index contributed by atoms with van der Waals surface area (Å²) in [5.74, 6) is 0.739. The molecule has 0 saturated heterocycles. The fourth-order valence-corrected chi connectivity index (χ4v) is 3.94. The first-order valence-electron chi connectivity index (χ1n) is 8.26. The van der Waals surface area contributed by atoms with E-state index in [0.717, 1.165) is 20.6 Å². The van der Waals surface area contributed by atoms with Crippen molar-refractivity contribution in [2.45, 2.75) is 6.54 Å². The molecule has 138 valence electrons. The van der Waals surface area contributed by atoms with E-state index in [0.29, 0.717) is 17.2 Å². The number of halogens is 1. The summed E-state index contributed by atoms with van der Waals surface area (Å²) in [7, 11) is 0. The monoisotopic (exact) mass is 454 g/mol. The third-order valence-corrected chi connectivity index (χ3v) is 5.72. The zero-order chi connectivity index (χ0) is 19.1. The summed E-state index contributed by atoms with van der Waals surface area (Å²) in [6, 6.07) is 13.2. The lowest BCUT2D eigenvalue weighted by atomic mass is 10.2. The van der Waals surface area contributed by atoms with E-state index in [1.54, 1.807) is 17.4 Å². The Kier molecular flexibility index (Phi) is 4.14. The Morgan fingerprint density at radius 2 is 2.07 bits per heavy atom. The van der Waals surface area contributed by atoms with E-state index in [-0.39, 0.29) is 12.1 Å². The summed E-state index contributed by atoms with van der Waals surface area (Å²) in [6.07, 6.45) is 1.50. The van der Waals surface area contributed by atoms with E-state index in [1.165, 1.54) is 15.5 Å². The number of benzene rings is 1. The highest BCUT2D eigenvalue weighted by Gasteiger charge is 2.15. The molecule has 0 atom stereocenters. The van der Waals surface area contributed by atoms with E-state index in [4.69, 9.17) is 4.52 Å². The second-order valence-electron chi connectivity index (χ2n) is 5.92. The molecule has 8 nitrogen and oxygen atoms in total. The summed E-state index contributed by atoms with van der Waals surface area (Å²) in [6.45, 7) is 0.0757. The van der Waals surface area contributed by atoms with Crippen molar-refractivity contribution in [2.75, 3.05) is 0 Å². The van der Waals surface area contributed by atoms with Gasteiger partial charge in [0.05, 0.1) is 4.88 Å². The summed E-state index contributed by atoms with van der Waals surface area (Å²) < 4.78 is 8.93. The fraction of sp³-hybridized carbons (Fsp3) is 0.0556. The van der Waals surface area contributed by atoms with Gasteiger partial charge >= 0.3 is 0 Å². The molecule has 0 bridgehead atoms. The van der Waals surface area contributed by atoms with Crippen LogP contribution < -0.4 is 5.56 Å². The molecule has 0 saturated carbocycles.